The number of aryl methyl sites for hydroxylation is 1. The summed E-state index contributed by atoms with van der Waals surface area (Å²) in [6.45, 7) is 8.62. The van der Waals surface area contributed by atoms with E-state index in [1.165, 1.54) is 21.2 Å². The van der Waals surface area contributed by atoms with Crippen LogP contribution in [-0.4, -0.2) is 27.8 Å². The molecule has 0 spiro atoms. The third-order valence-electron chi connectivity index (χ3n) is 4.56. The summed E-state index contributed by atoms with van der Waals surface area (Å²) in [5.74, 6) is 0.128. The fourth-order valence-electron chi connectivity index (χ4n) is 3.05. The van der Waals surface area contributed by atoms with Crippen LogP contribution in [0.5, 0.6) is 0 Å². The quantitative estimate of drug-likeness (QED) is 0.514. The van der Waals surface area contributed by atoms with Gasteiger partial charge in [0.2, 0.25) is 5.91 Å². The van der Waals surface area contributed by atoms with E-state index >= 15 is 0 Å². The van der Waals surface area contributed by atoms with Crippen molar-refractivity contribution >= 4 is 45.1 Å². The summed E-state index contributed by atoms with van der Waals surface area (Å²) in [6, 6.07) is 5.88. The van der Waals surface area contributed by atoms with E-state index in [0.717, 1.165) is 27.8 Å². The van der Waals surface area contributed by atoms with Crippen molar-refractivity contribution < 1.29 is 4.79 Å². The first-order valence-corrected chi connectivity index (χ1v) is 11.7. The van der Waals surface area contributed by atoms with Crippen molar-refractivity contribution in [1.82, 2.24) is 9.55 Å². The molecule has 1 amide bonds. The number of aromatic amines is 1. The summed E-state index contributed by atoms with van der Waals surface area (Å²) >= 11 is 4.86. The number of hydrogen-bond donors (Lipinski definition) is 2. The minimum absolute atomic E-state index is 0.0340. The Morgan fingerprint density at radius 1 is 1.33 bits per heavy atom. The summed E-state index contributed by atoms with van der Waals surface area (Å²) < 4.78 is 2.31. The summed E-state index contributed by atoms with van der Waals surface area (Å²) in [5.41, 5.74) is 6.16. The van der Waals surface area contributed by atoms with Crippen LogP contribution in [0.15, 0.2) is 37.2 Å². The molecule has 0 atom stereocenters. The minimum atomic E-state index is -0.633. The number of carbonyl (C=O) groups excluding carboxylic acids is 1. The molecule has 0 aliphatic carbocycles. The number of nitrogens with one attached hydrogen (secondary N) is 1. The van der Waals surface area contributed by atoms with E-state index in [0.29, 0.717) is 13.1 Å². The molecule has 30 heavy (non-hydrogen) atoms. The normalized spacial score (nSPS) is 11.1. The van der Waals surface area contributed by atoms with Crippen LogP contribution in [0.3, 0.4) is 0 Å². The molecular weight excluding hydrogens is 468 g/mol. The molecular formula is C21H29BrN4O3S. The molecule has 2 rings (SSSR count). The molecule has 1 aromatic carbocycles. The van der Waals surface area contributed by atoms with Gasteiger partial charge in [0.25, 0.3) is 5.56 Å². The van der Waals surface area contributed by atoms with Gasteiger partial charge in [-0.2, -0.15) is 0 Å². The van der Waals surface area contributed by atoms with Gasteiger partial charge in [-0.1, -0.05) is 43.1 Å². The molecule has 1 aromatic heterocycles. The topological polar surface area (TPSA) is 101 Å². The molecule has 1 heterocycles. The Bertz CT molecular complexity index is 1020. The molecule has 164 valence electrons. The highest BCUT2D eigenvalue weighted by atomic mass is 79.9. The maximum absolute atomic E-state index is 13.1. The van der Waals surface area contributed by atoms with Crippen molar-refractivity contribution in [1.29, 1.82) is 0 Å². The number of nitrogens with two attached hydrogens (primary N) is 1. The number of aromatic nitrogens is 2. The van der Waals surface area contributed by atoms with E-state index in [1.807, 2.05) is 45.9 Å². The molecule has 3 N–H and O–H groups in total. The average Bonchev–Trinajstić information content (AvgIpc) is 2.66. The summed E-state index contributed by atoms with van der Waals surface area (Å²) in [4.78, 5) is 42.7. The van der Waals surface area contributed by atoms with E-state index in [2.05, 4.69) is 20.9 Å². The highest BCUT2D eigenvalue weighted by molar-refractivity contribution is 9.10. The van der Waals surface area contributed by atoms with Crippen molar-refractivity contribution in [3.05, 3.63) is 49.1 Å². The van der Waals surface area contributed by atoms with Gasteiger partial charge in [0, 0.05) is 22.5 Å². The van der Waals surface area contributed by atoms with Crippen molar-refractivity contribution in [3.8, 4) is 0 Å². The van der Waals surface area contributed by atoms with Crippen LogP contribution < -0.4 is 21.9 Å². The van der Waals surface area contributed by atoms with Crippen molar-refractivity contribution in [3.63, 3.8) is 0 Å². The lowest BCUT2D eigenvalue weighted by atomic mass is 10.2. The molecule has 9 heteroatoms. The molecule has 7 nitrogen and oxygen atoms in total. The maximum atomic E-state index is 13.1. The first kappa shape index (κ1) is 24.3. The monoisotopic (exact) mass is 496 g/mol. The number of amides is 1. The van der Waals surface area contributed by atoms with Gasteiger partial charge in [-0.25, -0.2) is 4.79 Å². The summed E-state index contributed by atoms with van der Waals surface area (Å²) in [6.07, 6.45) is 1.57. The number of benzene rings is 1. The first-order valence-electron chi connectivity index (χ1n) is 9.97. The van der Waals surface area contributed by atoms with Gasteiger partial charge in [0.05, 0.1) is 5.75 Å². The van der Waals surface area contributed by atoms with Crippen LogP contribution in [0, 0.1) is 12.8 Å². The van der Waals surface area contributed by atoms with E-state index in [-0.39, 0.29) is 29.1 Å². The molecule has 0 fully saturated rings. The van der Waals surface area contributed by atoms with Gasteiger partial charge >= 0.3 is 5.69 Å². The number of nitrogen functional groups attached to an aromatic ring is 1. The second kappa shape index (κ2) is 10.9. The highest BCUT2D eigenvalue weighted by Gasteiger charge is 2.24. The zero-order valence-corrected chi connectivity index (χ0v) is 20.2. The number of rotatable bonds is 9. The Morgan fingerprint density at radius 2 is 2.03 bits per heavy atom. The minimum Gasteiger partial charge on any atom is -0.383 e. The van der Waals surface area contributed by atoms with Gasteiger partial charge < -0.3 is 10.6 Å². The Labute approximate surface area is 189 Å². The van der Waals surface area contributed by atoms with Gasteiger partial charge in [0.1, 0.15) is 5.82 Å². The summed E-state index contributed by atoms with van der Waals surface area (Å²) in [5, 5.41) is 0. The van der Waals surface area contributed by atoms with Crippen molar-refractivity contribution in [2.75, 3.05) is 22.9 Å². The number of nitrogens with zero attached hydrogens (tertiary/aromatic N) is 2. The Balaban J connectivity index is 2.38. The molecule has 0 radical (unpaired) electrons. The van der Waals surface area contributed by atoms with Gasteiger partial charge in [0.15, 0.2) is 5.69 Å². The van der Waals surface area contributed by atoms with Crippen molar-refractivity contribution in [2.24, 2.45) is 5.92 Å². The molecule has 0 bridgehead atoms. The Hall–Kier alpha value is -2.00. The van der Waals surface area contributed by atoms with Crippen LogP contribution >= 0.6 is 27.7 Å². The predicted octanol–water partition coefficient (Wildman–Crippen LogP) is 3.77. The molecule has 0 unspecified atom stereocenters. The third-order valence-corrected chi connectivity index (χ3v) is 6.21. The third kappa shape index (κ3) is 6.01. The predicted molar refractivity (Wildman–Crippen MR) is 127 cm³/mol. The zero-order chi connectivity index (χ0) is 22.4. The molecule has 2 aromatic rings. The number of anilines is 2. The number of carbonyl (C=O) groups is 1. The molecule has 0 saturated carbocycles. The standard InChI is InChI=1S/C21H29BrN4O3S/c1-5-6-9-25(17(27)12-30-16-8-7-15(22)10-14(16)4)18-19(23)26(11-13(2)3)21(29)24-20(18)28/h7-8,10,13H,5-6,9,11-12,23H2,1-4H3,(H,24,28,29). The van der Waals surface area contributed by atoms with Crippen LogP contribution in [0.2, 0.25) is 0 Å². The molecule has 0 aliphatic heterocycles. The molecule has 0 saturated heterocycles. The fraction of sp³-hybridized carbons (Fsp3) is 0.476. The van der Waals surface area contributed by atoms with E-state index in [9.17, 15) is 14.4 Å². The highest BCUT2D eigenvalue weighted by Crippen LogP contribution is 2.27. The number of halogens is 1. The van der Waals surface area contributed by atoms with Gasteiger partial charge in [-0.15, -0.1) is 11.8 Å². The average molecular weight is 497 g/mol. The smallest absolute Gasteiger partial charge is 0.330 e. The lowest BCUT2D eigenvalue weighted by molar-refractivity contribution is -0.116. The second-order valence-corrected chi connectivity index (χ2v) is 9.53. The van der Waals surface area contributed by atoms with Crippen LogP contribution in [-0.2, 0) is 11.3 Å². The van der Waals surface area contributed by atoms with Crippen molar-refractivity contribution in [2.45, 2.75) is 52.0 Å². The lowest BCUT2D eigenvalue weighted by Crippen LogP contribution is -2.42. The zero-order valence-electron chi connectivity index (χ0n) is 17.8. The largest absolute Gasteiger partial charge is 0.383 e. The Morgan fingerprint density at radius 3 is 2.63 bits per heavy atom. The Kier molecular flexibility index (Phi) is 8.78. The number of unbranched alkanes of at least 4 members (excludes halogenated alkanes) is 1. The number of thioether (sulfide) groups is 1. The maximum Gasteiger partial charge on any atom is 0.330 e. The summed E-state index contributed by atoms with van der Waals surface area (Å²) in [7, 11) is 0. The van der Waals surface area contributed by atoms with Gasteiger partial charge in [-0.3, -0.25) is 19.1 Å². The van der Waals surface area contributed by atoms with E-state index < -0.39 is 11.2 Å². The first-order chi connectivity index (χ1) is 14.1. The van der Waals surface area contributed by atoms with Crippen LogP contribution in [0.4, 0.5) is 11.5 Å². The van der Waals surface area contributed by atoms with Crippen LogP contribution in [0.1, 0.15) is 39.2 Å². The second-order valence-electron chi connectivity index (χ2n) is 7.60. The SMILES string of the molecule is CCCCN(C(=O)CSc1ccc(Br)cc1C)c1c(N)n(CC(C)C)c(=O)[nH]c1=O. The fourth-order valence-corrected chi connectivity index (χ4v) is 4.42. The van der Waals surface area contributed by atoms with Gasteiger partial charge in [-0.05, 0) is 43.0 Å². The van der Waals surface area contributed by atoms with E-state index in [1.54, 1.807) is 0 Å². The van der Waals surface area contributed by atoms with Crippen LogP contribution in [0.25, 0.3) is 0 Å². The number of hydrogen-bond acceptors (Lipinski definition) is 5. The number of H-pyrrole nitrogens is 1. The lowest BCUT2D eigenvalue weighted by Gasteiger charge is -2.25. The van der Waals surface area contributed by atoms with E-state index in [4.69, 9.17) is 5.73 Å². The molecule has 0 aliphatic rings.